The topological polar surface area (TPSA) is 98.5 Å². The van der Waals surface area contributed by atoms with Crippen molar-refractivity contribution in [3.05, 3.63) is 70.7 Å². The van der Waals surface area contributed by atoms with Crippen LogP contribution in [-0.2, 0) is 10.0 Å². The highest BCUT2D eigenvalue weighted by Crippen LogP contribution is 2.24. The predicted molar refractivity (Wildman–Crippen MR) is 113 cm³/mol. The van der Waals surface area contributed by atoms with E-state index in [4.69, 9.17) is 27.9 Å². The van der Waals surface area contributed by atoms with Gasteiger partial charge in [0.25, 0.3) is 0 Å². The molecule has 0 amide bonds. The van der Waals surface area contributed by atoms with E-state index < -0.39 is 10.0 Å². The normalized spacial score (nSPS) is 11.7. The van der Waals surface area contributed by atoms with Crippen LogP contribution < -0.4 is 9.46 Å². The second-order valence-corrected chi connectivity index (χ2v) is 8.73. The number of aromatic nitrogens is 4. The maximum absolute atomic E-state index is 12.4. The van der Waals surface area contributed by atoms with E-state index in [1.165, 1.54) is 18.2 Å². The first-order valence-electron chi connectivity index (χ1n) is 8.79. The van der Waals surface area contributed by atoms with Gasteiger partial charge in [-0.2, -0.15) is 4.52 Å². The predicted octanol–water partition coefficient (Wildman–Crippen LogP) is 3.46. The molecule has 154 valence electrons. The minimum absolute atomic E-state index is 0.0125. The third kappa shape index (κ3) is 4.39. The molecule has 0 saturated heterocycles. The Morgan fingerprint density at radius 3 is 2.60 bits per heavy atom. The van der Waals surface area contributed by atoms with Gasteiger partial charge in [-0.05, 0) is 24.3 Å². The molecule has 2 aromatic heterocycles. The molecule has 30 heavy (non-hydrogen) atoms. The van der Waals surface area contributed by atoms with Crippen molar-refractivity contribution in [1.82, 2.24) is 24.5 Å². The summed E-state index contributed by atoms with van der Waals surface area (Å²) in [7, 11) is -3.83. The molecule has 1 N–H and O–H groups in total. The molecule has 2 aromatic carbocycles. The lowest BCUT2D eigenvalue weighted by Crippen LogP contribution is -2.28. The summed E-state index contributed by atoms with van der Waals surface area (Å²) < 4.78 is 34.4. The van der Waals surface area contributed by atoms with Gasteiger partial charge in [-0.15, -0.1) is 15.3 Å². The maximum Gasteiger partial charge on any atom is 0.242 e. The van der Waals surface area contributed by atoms with Crippen LogP contribution in [0.3, 0.4) is 0 Å². The quantitative estimate of drug-likeness (QED) is 0.421. The summed E-state index contributed by atoms with van der Waals surface area (Å²) in [6, 6.07) is 17.1. The molecule has 2 heterocycles. The van der Waals surface area contributed by atoms with Crippen LogP contribution in [0.25, 0.3) is 17.0 Å². The summed E-state index contributed by atoms with van der Waals surface area (Å²) in [5, 5.41) is 13.0. The fourth-order valence-electron chi connectivity index (χ4n) is 2.71. The Morgan fingerprint density at radius 1 is 1.00 bits per heavy atom. The van der Waals surface area contributed by atoms with E-state index in [1.54, 1.807) is 16.6 Å². The number of nitrogens with one attached hydrogen (secondary N) is 1. The fourth-order valence-corrected chi connectivity index (χ4v) is 4.48. The average Bonchev–Trinajstić information content (AvgIpc) is 3.17. The molecule has 11 heteroatoms. The van der Waals surface area contributed by atoms with Gasteiger partial charge in [0.15, 0.2) is 11.5 Å². The minimum Gasteiger partial charge on any atom is -0.475 e. The molecule has 0 aliphatic heterocycles. The van der Waals surface area contributed by atoms with Crippen molar-refractivity contribution in [1.29, 1.82) is 0 Å². The van der Waals surface area contributed by atoms with E-state index in [0.29, 0.717) is 17.4 Å². The molecule has 0 saturated carbocycles. The van der Waals surface area contributed by atoms with Crippen molar-refractivity contribution in [3.8, 4) is 17.3 Å². The summed E-state index contributed by atoms with van der Waals surface area (Å²) in [6.07, 6.45) is 0. The first-order chi connectivity index (χ1) is 14.4. The molecular formula is C19H15Cl2N5O3S. The molecule has 4 rings (SSSR count). The van der Waals surface area contributed by atoms with Gasteiger partial charge in [0.2, 0.25) is 15.9 Å². The Labute approximate surface area is 182 Å². The van der Waals surface area contributed by atoms with Crippen LogP contribution in [0.1, 0.15) is 0 Å². The number of hydrogen-bond acceptors (Lipinski definition) is 6. The van der Waals surface area contributed by atoms with Crippen molar-refractivity contribution in [2.24, 2.45) is 0 Å². The summed E-state index contributed by atoms with van der Waals surface area (Å²) in [5.41, 5.74) is 1.43. The molecular weight excluding hydrogens is 449 g/mol. The van der Waals surface area contributed by atoms with Crippen LogP contribution >= 0.6 is 23.2 Å². The summed E-state index contributed by atoms with van der Waals surface area (Å²) >= 11 is 11.8. The molecule has 0 atom stereocenters. The smallest absolute Gasteiger partial charge is 0.242 e. The highest BCUT2D eigenvalue weighted by atomic mass is 35.5. The zero-order chi connectivity index (χ0) is 21.1. The number of fused-ring (bicyclic) bond motifs is 1. The van der Waals surface area contributed by atoms with E-state index in [0.717, 1.165) is 5.56 Å². The molecule has 4 aromatic rings. The lowest BCUT2D eigenvalue weighted by Gasteiger charge is -2.10. The molecule has 0 aliphatic rings. The van der Waals surface area contributed by atoms with Crippen molar-refractivity contribution >= 4 is 38.9 Å². The first kappa shape index (κ1) is 20.5. The van der Waals surface area contributed by atoms with E-state index in [9.17, 15) is 8.42 Å². The Bertz CT molecular complexity index is 1300. The Morgan fingerprint density at radius 2 is 1.80 bits per heavy atom. The van der Waals surface area contributed by atoms with E-state index in [1.807, 2.05) is 30.3 Å². The molecule has 0 aliphatic carbocycles. The van der Waals surface area contributed by atoms with Crippen LogP contribution in [0.2, 0.25) is 10.0 Å². The van der Waals surface area contributed by atoms with Crippen LogP contribution in [0, 0.1) is 0 Å². The number of halogens is 2. The third-order valence-electron chi connectivity index (χ3n) is 4.10. The third-order valence-corrected chi connectivity index (χ3v) is 6.27. The molecule has 0 radical (unpaired) electrons. The minimum atomic E-state index is -3.83. The molecule has 0 fully saturated rings. The zero-order valence-electron chi connectivity index (χ0n) is 15.4. The van der Waals surface area contributed by atoms with Crippen LogP contribution in [0.15, 0.2) is 65.6 Å². The van der Waals surface area contributed by atoms with Gasteiger partial charge in [-0.25, -0.2) is 13.1 Å². The van der Waals surface area contributed by atoms with Crippen LogP contribution in [0.4, 0.5) is 0 Å². The number of rotatable bonds is 7. The lowest BCUT2D eigenvalue weighted by atomic mass is 10.2. The standard InChI is InChI=1S/C19H15Cl2N5O3S/c20-14-6-7-15(21)16(12-14)30(27,28)22-10-11-29-18-9-8-17-23-24-19(26(17)25-18)13-4-2-1-3-5-13/h1-9,12,22H,10-11H2. The molecule has 0 unspecified atom stereocenters. The summed E-state index contributed by atoms with van der Waals surface area (Å²) in [5.74, 6) is 0.881. The van der Waals surface area contributed by atoms with Gasteiger partial charge in [0.05, 0.1) is 5.02 Å². The van der Waals surface area contributed by atoms with Gasteiger partial charge in [-0.1, -0.05) is 53.5 Å². The van der Waals surface area contributed by atoms with E-state index >= 15 is 0 Å². The van der Waals surface area contributed by atoms with Gasteiger partial charge >= 0.3 is 0 Å². The Balaban J connectivity index is 1.44. The number of benzene rings is 2. The number of hydrogen-bond donors (Lipinski definition) is 1. The van der Waals surface area contributed by atoms with Crippen molar-refractivity contribution in [2.75, 3.05) is 13.2 Å². The Kier molecular flexibility index (Phi) is 5.87. The zero-order valence-corrected chi connectivity index (χ0v) is 17.7. The average molecular weight is 464 g/mol. The lowest BCUT2D eigenvalue weighted by molar-refractivity contribution is 0.306. The molecule has 8 nitrogen and oxygen atoms in total. The SMILES string of the molecule is O=S(=O)(NCCOc1ccc2nnc(-c3ccccc3)n2n1)c1cc(Cl)ccc1Cl. The highest BCUT2D eigenvalue weighted by Gasteiger charge is 2.18. The molecule has 0 spiro atoms. The van der Waals surface area contributed by atoms with Crippen LogP contribution in [0.5, 0.6) is 5.88 Å². The van der Waals surface area contributed by atoms with Crippen molar-refractivity contribution in [2.45, 2.75) is 4.90 Å². The first-order valence-corrected chi connectivity index (χ1v) is 11.0. The van der Waals surface area contributed by atoms with Crippen molar-refractivity contribution < 1.29 is 13.2 Å². The largest absolute Gasteiger partial charge is 0.475 e. The second-order valence-electron chi connectivity index (χ2n) is 6.15. The highest BCUT2D eigenvalue weighted by molar-refractivity contribution is 7.89. The van der Waals surface area contributed by atoms with E-state index in [2.05, 4.69) is 20.0 Å². The number of nitrogens with zero attached hydrogens (tertiary/aromatic N) is 4. The fraction of sp³-hybridized carbons (Fsp3) is 0.105. The van der Waals surface area contributed by atoms with Gasteiger partial charge < -0.3 is 4.74 Å². The van der Waals surface area contributed by atoms with Crippen molar-refractivity contribution in [3.63, 3.8) is 0 Å². The van der Waals surface area contributed by atoms with Gasteiger partial charge in [0, 0.05) is 23.2 Å². The van der Waals surface area contributed by atoms with Gasteiger partial charge in [-0.3, -0.25) is 0 Å². The van der Waals surface area contributed by atoms with E-state index in [-0.39, 0.29) is 28.1 Å². The van der Waals surface area contributed by atoms with Crippen LogP contribution in [-0.4, -0.2) is 41.4 Å². The monoisotopic (exact) mass is 463 g/mol. The maximum atomic E-state index is 12.4. The Hall–Kier alpha value is -2.72. The molecule has 0 bridgehead atoms. The number of ether oxygens (including phenoxy) is 1. The van der Waals surface area contributed by atoms with Gasteiger partial charge in [0.1, 0.15) is 11.5 Å². The summed E-state index contributed by atoms with van der Waals surface area (Å²) in [4.78, 5) is -0.0896. The second kappa shape index (κ2) is 8.57. The summed E-state index contributed by atoms with van der Waals surface area (Å²) in [6.45, 7) is 0.0668. The number of sulfonamides is 1.